The van der Waals surface area contributed by atoms with Gasteiger partial charge in [-0.15, -0.1) is 0 Å². The second-order valence-electron chi connectivity index (χ2n) is 6.31. The van der Waals surface area contributed by atoms with Gasteiger partial charge in [0, 0.05) is 18.6 Å². The van der Waals surface area contributed by atoms with Gasteiger partial charge in [-0.3, -0.25) is 4.79 Å². The highest BCUT2D eigenvalue weighted by Crippen LogP contribution is 2.38. The Bertz CT molecular complexity index is 811. The first-order valence-corrected chi connectivity index (χ1v) is 9.27. The van der Waals surface area contributed by atoms with Crippen LogP contribution in [0.5, 0.6) is 23.0 Å². The molecule has 0 heterocycles. The lowest BCUT2D eigenvalue weighted by atomic mass is 9.98. The van der Waals surface area contributed by atoms with Crippen LogP contribution in [0.15, 0.2) is 30.3 Å². The van der Waals surface area contributed by atoms with Crippen LogP contribution in [0.25, 0.3) is 0 Å². The molecule has 1 unspecified atom stereocenters. The average molecular weight is 406 g/mol. The first-order chi connectivity index (χ1) is 14.0. The lowest BCUT2D eigenvalue weighted by Crippen LogP contribution is -2.27. The van der Waals surface area contributed by atoms with Crippen LogP contribution in [-0.4, -0.2) is 46.9 Å². The number of hydrogen-bond donors (Lipinski definition) is 0. The van der Waals surface area contributed by atoms with Gasteiger partial charge in [0.1, 0.15) is 6.10 Å². The number of hydrogen-bond acceptors (Lipinski definition) is 6. The minimum atomic E-state index is -0.787. The van der Waals surface area contributed by atoms with Gasteiger partial charge in [0.15, 0.2) is 28.8 Å². The lowest BCUT2D eigenvalue weighted by molar-refractivity contribution is 0.0413. The number of rotatable bonds is 11. The number of methoxy groups -OCH3 is 4. The highest BCUT2D eigenvalue weighted by atomic mass is 19.1. The molecular weight excluding hydrogens is 379 g/mol. The fourth-order valence-electron chi connectivity index (χ4n) is 2.95. The minimum absolute atomic E-state index is 0.149. The van der Waals surface area contributed by atoms with Gasteiger partial charge >= 0.3 is 0 Å². The number of halogens is 1. The van der Waals surface area contributed by atoms with Crippen molar-refractivity contribution in [3.8, 4) is 23.0 Å². The summed E-state index contributed by atoms with van der Waals surface area (Å²) in [5.41, 5.74) is 0.986. The van der Waals surface area contributed by atoms with Crippen LogP contribution in [0.3, 0.4) is 0 Å². The fraction of sp³-hybridized carbons (Fsp3) is 0.409. The van der Waals surface area contributed by atoms with Gasteiger partial charge in [0.25, 0.3) is 0 Å². The number of carbonyl (C=O) groups excluding carboxylic acids is 1. The number of carbonyl (C=O) groups is 1. The van der Waals surface area contributed by atoms with E-state index in [4.69, 9.17) is 23.7 Å². The van der Waals surface area contributed by atoms with E-state index in [2.05, 4.69) is 0 Å². The molecule has 0 saturated heterocycles. The molecule has 0 amide bonds. The van der Waals surface area contributed by atoms with Gasteiger partial charge in [0.05, 0.1) is 28.4 Å². The first kappa shape index (κ1) is 22.5. The van der Waals surface area contributed by atoms with E-state index in [1.807, 2.05) is 6.92 Å². The Hall–Kier alpha value is -2.80. The zero-order valence-corrected chi connectivity index (χ0v) is 17.4. The van der Waals surface area contributed by atoms with Crippen molar-refractivity contribution in [3.05, 3.63) is 47.3 Å². The predicted octanol–water partition coefficient (Wildman–Crippen LogP) is 4.08. The molecule has 2 aromatic rings. The van der Waals surface area contributed by atoms with Gasteiger partial charge in [-0.05, 0) is 36.2 Å². The Morgan fingerprint density at radius 2 is 1.55 bits per heavy atom. The van der Waals surface area contributed by atoms with E-state index >= 15 is 0 Å². The van der Waals surface area contributed by atoms with Crippen LogP contribution in [0.1, 0.15) is 29.3 Å². The number of ether oxygens (including phenoxy) is 5. The molecular formula is C22H27FO6. The van der Waals surface area contributed by atoms with E-state index in [-0.39, 0.29) is 18.0 Å². The molecule has 0 spiro atoms. The maximum atomic E-state index is 14.1. The van der Waals surface area contributed by atoms with E-state index < -0.39 is 11.9 Å². The molecule has 0 radical (unpaired) electrons. The molecule has 29 heavy (non-hydrogen) atoms. The molecule has 0 aliphatic heterocycles. The van der Waals surface area contributed by atoms with Crippen molar-refractivity contribution in [3.63, 3.8) is 0 Å². The summed E-state index contributed by atoms with van der Waals surface area (Å²) in [6, 6.07) is 7.77. The third-order valence-corrected chi connectivity index (χ3v) is 4.40. The molecule has 0 fully saturated rings. The second kappa shape index (κ2) is 10.7. The summed E-state index contributed by atoms with van der Waals surface area (Å²) in [6.45, 7) is 2.35. The summed E-state index contributed by atoms with van der Waals surface area (Å²) >= 11 is 0. The van der Waals surface area contributed by atoms with Crippen LogP contribution in [-0.2, 0) is 11.2 Å². The Kier molecular flexibility index (Phi) is 8.27. The monoisotopic (exact) mass is 406 g/mol. The Balaban J connectivity index is 2.36. The van der Waals surface area contributed by atoms with E-state index in [1.54, 1.807) is 18.2 Å². The quantitative estimate of drug-likeness (QED) is 0.524. The van der Waals surface area contributed by atoms with Crippen molar-refractivity contribution >= 4 is 5.78 Å². The average Bonchev–Trinajstić information content (AvgIpc) is 2.74. The van der Waals surface area contributed by atoms with Crippen LogP contribution in [0.2, 0.25) is 0 Å². The van der Waals surface area contributed by atoms with Crippen molar-refractivity contribution < 1.29 is 32.9 Å². The fourth-order valence-corrected chi connectivity index (χ4v) is 2.95. The molecule has 2 aromatic carbocycles. The zero-order valence-electron chi connectivity index (χ0n) is 17.4. The molecule has 158 valence electrons. The molecule has 0 aliphatic rings. The molecule has 1 atom stereocenters. The van der Waals surface area contributed by atoms with E-state index in [9.17, 15) is 9.18 Å². The molecule has 0 aliphatic carbocycles. The van der Waals surface area contributed by atoms with E-state index in [1.165, 1.54) is 40.6 Å². The predicted molar refractivity (Wildman–Crippen MR) is 107 cm³/mol. The molecule has 0 aromatic heterocycles. The zero-order chi connectivity index (χ0) is 21.4. The van der Waals surface area contributed by atoms with Gasteiger partial charge in [-0.1, -0.05) is 13.0 Å². The topological polar surface area (TPSA) is 63.2 Å². The first-order valence-electron chi connectivity index (χ1n) is 9.27. The maximum absolute atomic E-state index is 14.1. The SMILES string of the molecule is CCCOC(Cc1ccc(OC)c(F)c1)C(=O)c1cc(OC)c(OC)c(OC)c1. The molecule has 7 heteroatoms. The Labute approximate surface area is 170 Å². The molecule has 6 nitrogen and oxygen atoms in total. The van der Waals surface area contributed by atoms with E-state index in [0.29, 0.717) is 35.0 Å². The summed E-state index contributed by atoms with van der Waals surface area (Å²) in [4.78, 5) is 13.2. The van der Waals surface area contributed by atoms with Gasteiger partial charge in [0.2, 0.25) is 5.75 Å². The second-order valence-corrected chi connectivity index (χ2v) is 6.31. The summed E-state index contributed by atoms with van der Waals surface area (Å²) in [5, 5.41) is 0. The number of benzene rings is 2. The summed E-state index contributed by atoms with van der Waals surface area (Å²) < 4.78 is 40.8. The molecule has 2 rings (SSSR count). The van der Waals surface area contributed by atoms with Gasteiger partial charge < -0.3 is 23.7 Å². The lowest BCUT2D eigenvalue weighted by Gasteiger charge is -2.19. The smallest absolute Gasteiger partial charge is 0.203 e. The van der Waals surface area contributed by atoms with Gasteiger partial charge in [-0.2, -0.15) is 0 Å². The largest absolute Gasteiger partial charge is 0.494 e. The Morgan fingerprint density at radius 1 is 0.931 bits per heavy atom. The molecule has 0 N–H and O–H groups in total. The van der Waals surface area contributed by atoms with E-state index in [0.717, 1.165) is 6.42 Å². The van der Waals surface area contributed by atoms with Crippen molar-refractivity contribution in [2.75, 3.05) is 35.0 Å². The Morgan fingerprint density at radius 3 is 2.03 bits per heavy atom. The normalized spacial score (nSPS) is 11.7. The van der Waals surface area contributed by atoms with Crippen molar-refractivity contribution in [2.24, 2.45) is 0 Å². The van der Waals surface area contributed by atoms with Crippen molar-refractivity contribution in [1.29, 1.82) is 0 Å². The van der Waals surface area contributed by atoms with Crippen molar-refractivity contribution in [1.82, 2.24) is 0 Å². The molecule has 0 saturated carbocycles. The number of ketones is 1. The molecule has 0 bridgehead atoms. The van der Waals surface area contributed by atoms with Crippen LogP contribution < -0.4 is 18.9 Å². The number of Topliss-reactive ketones (excluding diaryl/α,β-unsaturated/α-hetero) is 1. The third-order valence-electron chi connectivity index (χ3n) is 4.40. The van der Waals surface area contributed by atoms with Crippen LogP contribution in [0, 0.1) is 5.82 Å². The maximum Gasteiger partial charge on any atom is 0.203 e. The highest BCUT2D eigenvalue weighted by molar-refractivity contribution is 6.00. The van der Waals surface area contributed by atoms with Gasteiger partial charge in [-0.25, -0.2) is 4.39 Å². The summed E-state index contributed by atoms with van der Waals surface area (Å²) in [7, 11) is 5.86. The minimum Gasteiger partial charge on any atom is -0.494 e. The van der Waals surface area contributed by atoms with Crippen molar-refractivity contribution in [2.45, 2.75) is 25.9 Å². The van der Waals surface area contributed by atoms with Crippen LogP contribution in [0.4, 0.5) is 4.39 Å². The summed E-state index contributed by atoms with van der Waals surface area (Å²) in [6.07, 6.45) is 0.178. The third kappa shape index (κ3) is 5.38. The highest BCUT2D eigenvalue weighted by Gasteiger charge is 2.25. The van der Waals surface area contributed by atoms with Crippen LogP contribution >= 0.6 is 0 Å². The summed E-state index contributed by atoms with van der Waals surface area (Å²) in [5.74, 6) is 0.554. The standard InChI is InChI=1S/C22H27FO6/c1-6-9-29-18(11-14-7-8-17(25-2)16(23)10-14)21(24)15-12-19(26-3)22(28-5)20(13-15)27-4/h7-8,10,12-13,18H,6,9,11H2,1-5H3.